The lowest BCUT2D eigenvalue weighted by molar-refractivity contribution is 0.000936. The maximum Gasteiger partial charge on any atom is 0.256 e. The van der Waals surface area contributed by atoms with Crippen LogP contribution < -0.4 is 5.73 Å². The van der Waals surface area contributed by atoms with Gasteiger partial charge in [0.25, 0.3) is 5.91 Å². The smallest absolute Gasteiger partial charge is 0.256 e. The minimum Gasteiger partial charge on any atom is -0.377 e. The second kappa shape index (κ2) is 5.52. The van der Waals surface area contributed by atoms with Crippen LogP contribution in [0.15, 0.2) is 30.6 Å². The van der Waals surface area contributed by atoms with Gasteiger partial charge in [-0.25, -0.2) is 0 Å². The standard InChI is InChI=1S/C14H16N4O2/c15-8-10-9-20-7-6-18(10)14(19)11-2-1-3-12-13(11)17-5-4-16-12/h1-5,10H,6-9,15H2. The average Bonchev–Trinajstić information content (AvgIpc) is 2.53. The number of morpholine rings is 1. The molecule has 1 aliphatic rings. The SMILES string of the molecule is NCC1COCCN1C(=O)c1cccc2nccnc12. The van der Waals surface area contributed by atoms with E-state index in [2.05, 4.69) is 9.97 Å². The Morgan fingerprint density at radius 3 is 3.10 bits per heavy atom. The van der Waals surface area contributed by atoms with Gasteiger partial charge in [0, 0.05) is 25.5 Å². The third-order valence-corrected chi connectivity index (χ3v) is 3.49. The Balaban J connectivity index is 1.99. The Hall–Kier alpha value is -2.05. The normalized spacial score (nSPS) is 19.2. The van der Waals surface area contributed by atoms with Crippen LogP contribution >= 0.6 is 0 Å². The van der Waals surface area contributed by atoms with Crippen molar-refractivity contribution in [1.82, 2.24) is 14.9 Å². The number of carbonyl (C=O) groups is 1. The average molecular weight is 272 g/mol. The first-order chi connectivity index (χ1) is 9.81. The van der Waals surface area contributed by atoms with Gasteiger partial charge in [0.15, 0.2) is 0 Å². The number of carbonyl (C=O) groups excluding carboxylic acids is 1. The third-order valence-electron chi connectivity index (χ3n) is 3.49. The topological polar surface area (TPSA) is 81.3 Å². The van der Waals surface area contributed by atoms with Crippen molar-refractivity contribution < 1.29 is 9.53 Å². The second-order valence-corrected chi connectivity index (χ2v) is 4.69. The zero-order valence-electron chi connectivity index (χ0n) is 11.0. The highest BCUT2D eigenvalue weighted by atomic mass is 16.5. The summed E-state index contributed by atoms with van der Waals surface area (Å²) in [5.41, 5.74) is 7.63. The Kier molecular flexibility index (Phi) is 3.58. The molecule has 104 valence electrons. The molecule has 1 aromatic heterocycles. The highest BCUT2D eigenvalue weighted by Crippen LogP contribution is 2.18. The van der Waals surface area contributed by atoms with Gasteiger partial charge < -0.3 is 15.4 Å². The van der Waals surface area contributed by atoms with E-state index >= 15 is 0 Å². The highest BCUT2D eigenvalue weighted by molar-refractivity contribution is 6.04. The molecule has 2 N–H and O–H groups in total. The first-order valence-electron chi connectivity index (χ1n) is 6.60. The van der Waals surface area contributed by atoms with E-state index in [1.807, 2.05) is 12.1 Å². The molecule has 0 radical (unpaired) electrons. The molecule has 20 heavy (non-hydrogen) atoms. The van der Waals surface area contributed by atoms with Crippen LogP contribution in [0.5, 0.6) is 0 Å². The summed E-state index contributed by atoms with van der Waals surface area (Å²) in [6, 6.07) is 5.37. The Bertz CT molecular complexity index is 626. The van der Waals surface area contributed by atoms with Crippen molar-refractivity contribution in [3.05, 3.63) is 36.2 Å². The van der Waals surface area contributed by atoms with Crippen molar-refractivity contribution in [1.29, 1.82) is 0 Å². The van der Waals surface area contributed by atoms with E-state index in [0.717, 1.165) is 5.52 Å². The molecule has 0 saturated carbocycles. The van der Waals surface area contributed by atoms with Crippen LogP contribution in [0.25, 0.3) is 11.0 Å². The molecular formula is C14H16N4O2. The fourth-order valence-electron chi connectivity index (χ4n) is 2.44. The Labute approximate surface area is 116 Å². The number of nitrogens with zero attached hydrogens (tertiary/aromatic N) is 3. The van der Waals surface area contributed by atoms with Crippen LogP contribution in [-0.2, 0) is 4.74 Å². The monoisotopic (exact) mass is 272 g/mol. The van der Waals surface area contributed by atoms with Gasteiger partial charge >= 0.3 is 0 Å². The van der Waals surface area contributed by atoms with E-state index in [-0.39, 0.29) is 11.9 Å². The molecule has 1 aromatic carbocycles. The van der Waals surface area contributed by atoms with Crippen molar-refractivity contribution >= 4 is 16.9 Å². The summed E-state index contributed by atoms with van der Waals surface area (Å²) in [7, 11) is 0. The molecule has 1 saturated heterocycles. The lowest BCUT2D eigenvalue weighted by Crippen LogP contribution is -2.52. The number of aromatic nitrogens is 2. The molecular weight excluding hydrogens is 256 g/mol. The third kappa shape index (κ3) is 2.23. The maximum atomic E-state index is 12.7. The lowest BCUT2D eigenvalue weighted by Gasteiger charge is -2.35. The number of ether oxygens (including phenoxy) is 1. The summed E-state index contributed by atoms with van der Waals surface area (Å²) in [5.74, 6) is -0.0603. The predicted octanol–water partition coefficient (Wildman–Crippen LogP) is 0.429. The summed E-state index contributed by atoms with van der Waals surface area (Å²) in [6.07, 6.45) is 3.22. The van der Waals surface area contributed by atoms with Gasteiger partial charge in [0.2, 0.25) is 0 Å². The van der Waals surface area contributed by atoms with Gasteiger partial charge in [-0.3, -0.25) is 14.8 Å². The fraction of sp³-hybridized carbons (Fsp3) is 0.357. The van der Waals surface area contributed by atoms with E-state index in [4.69, 9.17) is 10.5 Å². The number of benzene rings is 1. The molecule has 0 aliphatic carbocycles. The van der Waals surface area contributed by atoms with Crippen molar-refractivity contribution in [3.63, 3.8) is 0 Å². The minimum absolute atomic E-state index is 0.0603. The summed E-state index contributed by atoms with van der Waals surface area (Å²) < 4.78 is 5.37. The molecule has 1 amide bonds. The van der Waals surface area contributed by atoms with Gasteiger partial charge in [0.05, 0.1) is 30.3 Å². The predicted molar refractivity (Wildman–Crippen MR) is 74.2 cm³/mol. The van der Waals surface area contributed by atoms with Crippen LogP contribution in [0.2, 0.25) is 0 Å². The van der Waals surface area contributed by atoms with Crippen molar-refractivity contribution in [2.24, 2.45) is 5.73 Å². The van der Waals surface area contributed by atoms with Gasteiger partial charge in [-0.1, -0.05) is 6.07 Å². The number of rotatable bonds is 2. The zero-order chi connectivity index (χ0) is 13.9. The number of hydrogen-bond donors (Lipinski definition) is 1. The molecule has 1 unspecified atom stereocenters. The number of hydrogen-bond acceptors (Lipinski definition) is 5. The van der Waals surface area contributed by atoms with Crippen LogP contribution in [-0.4, -0.2) is 53.1 Å². The maximum absolute atomic E-state index is 12.7. The summed E-state index contributed by atoms with van der Waals surface area (Å²) in [5, 5.41) is 0. The van der Waals surface area contributed by atoms with E-state index < -0.39 is 0 Å². The van der Waals surface area contributed by atoms with Crippen LogP contribution in [0, 0.1) is 0 Å². The van der Waals surface area contributed by atoms with E-state index in [1.54, 1.807) is 23.4 Å². The molecule has 6 heteroatoms. The molecule has 6 nitrogen and oxygen atoms in total. The highest BCUT2D eigenvalue weighted by Gasteiger charge is 2.28. The molecule has 2 aromatic rings. The quantitative estimate of drug-likeness (QED) is 0.857. The molecule has 0 bridgehead atoms. The molecule has 0 spiro atoms. The summed E-state index contributed by atoms with van der Waals surface area (Å²) in [6.45, 7) is 1.97. The lowest BCUT2D eigenvalue weighted by atomic mass is 10.1. The number of nitrogens with two attached hydrogens (primary N) is 1. The van der Waals surface area contributed by atoms with Crippen LogP contribution in [0.3, 0.4) is 0 Å². The first-order valence-corrected chi connectivity index (χ1v) is 6.60. The van der Waals surface area contributed by atoms with Crippen LogP contribution in [0.4, 0.5) is 0 Å². The van der Waals surface area contributed by atoms with Gasteiger partial charge in [-0.05, 0) is 12.1 Å². The Morgan fingerprint density at radius 1 is 1.40 bits per heavy atom. The molecule has 1 aliphatic heterocycles. The van der Waals surface area contributed by atoms with Crippen molar-refractivity contribution in [2.75, 3.05) is 26.3 Å². The van der Waals surface area contributed by atoms with Gasteiger partial charge in [-0.2, -0.15) is 0 Å². The molecule has 1 fully saturated rings. The zero-order valence-corrected chi connectivity index (χ0v) is 11.0. The van der Waals surface area contributed by atoms with E-state index in [9.17, 15) is 4.79 Å². The second-order valence-electron chi connectivity index (χ2n) is 4.69. The van der Waals surface area contributed by atoms with E-state index in [1.165, 1.54) is 0 Å². The van der Waals surface area contributed by atoms with Gasteiger partial charge in [-0.15, -0.1) is 0 Å². The van der Waals surface area contributed by atoms with Gasteiger partial charge in [0.1, 0.15) is 5.52 Å². The Morgan fingerprint density at radius 2 is 2.25 bits per heavy atom. The first kappa shape index (κ1) is 13.0. The number of para-hydroxylation sites is 1. The minimum atomic E-state index is -0.0804. The van der Waals surface area contributed by atoms with Crippen molar-refractivity contribution in [3.8, 4) is 0 Å². The molecule has 1 atom stereocenters. The fourth-order valence-corrected chi connectivity index (χ4v) is 2.44. The van der Waals surface area contributed by atoms with Crippen LogP contribution in [0.1, 0.15) is 10.4 Å². The summed E-state index contributed by atoms with van der Waals surface area (Å²) in [4.78, 5) is 23.0. The molecule has 2 heterocycles. The van der Waals surface area contributed by atoms with E-state index in [0.29, 0.717) is 37.4 Å². The number of fused-ring (bicyclic) bond motifs is 1. The largest absolute Gasteiger partial charge is 0.377 e. The molecule has 3 rings (SSSR count). The summed E-state index contributed by atoms with van der Waals surface area (Å²) >= 11 is 0. The number of amides is 1. The van der Waals surface area contributed by atoms with Crippen molar-refractivity contribution in [2.45, 2.75) is 6.04 Å².